The number of benzene rings is 1. The van der Waals surface area contributed by atoms with Crippen LogP contribution in [0.3, 0.4) is 0 Å². The molecule has 0 saturated carbocycles. The van der Waals surface area contributed by atoms with Gasteiger partial charge in [-0.1, -0.05) is 11.6 Å². The summed E-state index contributed by atoms with van der Waals surface area (Å²) in [6, 6.07) is 5.66. The van der Waals surface area contributed by atoms with Crippen molar-refractivity contribution in [1.82, 2.24) is 15.1 Å². The summed E-state index contributed by atoms with van der Waals surface area (Å²) in [6.07, 6.45) is 0.872. The van der Waals surface area contributed by atoms with Crippen LogP contribution in [0.15, 0.2) is 18.2 Å². The van der Waals surface area contributed by atoms with E-state index in [9.17, 15) is 9.59 Å². The van der Waals surface area contributed by atoms with E-state index >= 15 is 0 Å². The van der Waals surface area contributed by atoms with Gasteiger partial charge in [-0.25, -0.2) is 0 Å². The van der Waals surface area contributed by atoms with Crippen LogP contribution in [-0.4, -0.2) is 21.6 Å². The predicted molar refractivity (Wildman–Crippen MR) is 70.6 cm³/mol. The first-order chi connectivity index (χ1) is 9.06. The van der Waals surface area contributed by atoms with Gasteiger partial charge < -0.3 is 0 Å². The molecule has 1 aliphatic heterocycles. The summed E-state index contributed by atoms with van der Waals surface area (Å²) in [5.74, 6) is -0.466. The quantitative estimate of drug-likeness (QED) is 0.790. The molecule has 1 fully saturated rings. The van der Waals surface area contributed by atoms with Crippen LogP contribution in [0.25, 0.3) is 10.9 Å². The normalized spacial score (nSPS) is 19.8. The van der Waals surface area contributed by atoms with Gasteiger partial charge in [0.15, 0.2) is 0 Å². The van der Waals surface area contributed by atoms with E-state index in [1.165, 1.54) is 5.56 Å². The van der Waals surface area contributed by atoms with Gasteiger partial charge in [0.05, 0.1) is 11.2 Å². The molecule has 3 rings (SSSR count). The summed E-state index contributed by atoms with van der Waals surface area (Å²) in [4.78, 5) is 23.1. The van der Waals surface area contributed by atoms with Gasteiger partial charge in [-0.3, -0.25) is 19.6 Å². The minimum Gasteiger partial charge on any atom is -0.295 e. The molecular weight excluding hydrogens is 242 g/mol. The average molecular weight is 257 g/mol. The zero-order valence-corrected chi connectivity index (χ0v) is 10.9. The fraction of sp³-hybridized carbons (Fsp3) is 0.357. The minimum absolute atomic E-state index is 0.203. The summed E-state index contributed by atoms with van der Waals surface area (Å²) < 4.78 is 1.74. The third kappa shape index (κ3) is 1.91. The standard InChI is InChI=1S/C14H15N3O2/c1-8-3-4-11-10(7-8)9(2)16-17(11)12-5-6-13(18)15-14(12)19/h3-4,7,12H,5-6H2,1-2H3,(H,15,18,19). The van der Waals surface area contributed by atoms with Gasteiger partial charge in [0.25, 0.3) is 5.91 Å². The van der Waals surface area contributed by atoms with Crippen molar-refractivity contribution >= 4 is 22.7 Å². The SMILES string of the molecule is Cc1ccc2c(c1)c(C)nn2C1CCC(=O)NC1=O. The van der Waals surface area contributed by atoms with Gasteiger partial charge in [0.2, 0.25) is 5.91 Å². The first-order valence-electron chi connectivity index (χ1n) is 6.35. The Morgan fingerprint density at radius 3 is 2.84 bits per heavy atom. The molecule has 5 nitrogen and oxygen atoms in total. The summed E-state index contributed by atoms with van der Waals surface area (Å²) >= 11 is 0. The lowest BCUT2D eigenvalue weighted by Crippen LogP contribution is -2.42. The van der Waals surface area contributed by atoms with E-state index in [0.717, 1.165) is 16.6 Å². The second-order valence-corrected chi connectivity index (χ2v) is 5.02. The van der Waals surface area contributed by atoms with Crippen molar-refractivity contribution in [3.05, 3.63) is 29.5 Å². The highest BCUT2D eigenvalue weighted by atomic mass is 16.2. The van der Waals surface area contributed by atoms with Crippen LogP contribution in [0.1, 0.15) is 30.1 Å². The second-order valence-electron chi connectivity index (χ2n) is 5.02. The molecular formula is C14H15N3O2. The van der Waals surface area contributed by atoms with Gasteiger partial charge in [0, 0.05) is 11.8 Å². The number of nitrogens with zero attached hydrogens (tertiary/aromatic N) is 2. The van der Waals surface area contributed by atoms with Gasteiger partial charge in [-0.05, 0) is 32.4 Å². The zero-order chi connectivity index (χ0) is 13.6. The van der Waals surface area contributed by atoms with Crippen LogP contribution >= 0.6 is 0 Å². The molecule has 1 saturated heterocycles. The highest BCUT2D eigenvalue weighted by Gasteiger charge is 2.29. The molecule has 2 amide bonds. The molecule has 98 valence electrons. The van der Waals surface area contributed by atoms with Crippen molar-refractivity contribution in [2.75, 3.05) is 0 Å². The van der Waals surface area contributed by atoms with E-state index < -0.39 is 6.04 Å². The number of carbonyl (C=O) groups is 2. The predicted octanol–water partition coefficient (Wildman–Crippen LogP) is 1.63. The number of aromatic nitrogens is 2. The van der Waals surface area contributed by atoms with Crippen LogP contribution in [0.2, 0.25) is 0 Å². The van der Waals surface area contributed by atoms with E-state index in [2.05, 4.69) is 16.5 Å². The number of aryl methyl sites for hydroxylation is 2. The zero-order valence-electron chi connectivity index (χ0n) is 10.9. The Labute approximate surface area is 110 Å². The number of rotatable bonds is 1. The molecule has 0 bridgehead atoms. The topological polar surface area (TPSA) is 64.0 Å². The molecule has 1 N–H and O–H groups in total. The van der Waals surface area contributed by atoms with E-state index in [4.69, 9.17) is 0 Å². The average Bonchev–Trinajstić information content (AvgIpc) is 2.66. The number of amides is 2. The second kappa shape index (κ2) is 4.19. The van der Waals surface area contributed by atoms with E-state index in [-0.39, 0.29) is 11.8 Å². The largest absolute Gasteiger partial charge is 0.295 e. The van der Waals surface area contributed by atoms with E-state index in [1.54, 1.807) is 4.68 Å². The number of fused-ring (bicyclic) bond motifs is 1. The molecule has 19 heavy (non-hydrogen) atoms. The Morgan fingerprint density at radius 1 is 1.32 bits per heavy atom. The molecule has 1 atom stereocenters. The monoisotopic (exact) mass is 257 g/mol. The Balaban J connectivity index is 2.10. The summed E-state index contributed by atoms with van der Waals surface area (Å²) in [7, 11) is 0. The number of nitrogens with one attached hydrogen (secondary N) is 1. The number of imide groups is 1. The number of carbonyl (C=O) groups excluding carboxylic acids is 2. The van der Waals surface area contributed by atoms with Crippen molar-refractivity contribution in [1.29, 1.82) is 0 Å². The maximum Gasteiger partial charge on any atom is 0.251 e. The molecule has 1 aromatic carbocycles. The van der Waals surface area contributed by atoms with E-state index in [1.807, 2.05) is 26.0 Å². The number of piperidine rings is 1. The third-order valence-electron chi connectivity index (χ3n) is 3.55. The molecule has 0 aliphatic carbocycles. The van der Waals surface area contributed by atoms with Crippen molar-refractivity contribution in [2.45, 2.75) is 32.7 Å². The molecule has 1 aromatic heterocycles. The molecule has 0 spiro atoms. The molecule has 1 unspecified atom stereocenters. The van der Waals surface area contributed by atoms with Crippen LogP contribution < -0.4 is 5.32 Å². The van der Waals surface area contributed by atoms with Gasteiger partial charge >= 0.3 is 0 Å². The van der Waals surface area contributed by atoms with Crippen LogP contribution in [0.4, 0.5) is 0 Å². The van der Waals surface area contributed by atoms with Crippen LogP contribution in [0.5, 0.6) is 0 Å². The lowest BCUT2D eigenvalue weighted by Gasteiger charge is -2.21. The molecule has 2 aromatic rings. The van der Waals surface area contributed by atoms with Crippen molar-refractivity contribution < 1.29 is 9.59 Å². The van der Waals surface area contributed by atoms with Crippen molar-refractivity contribution in [3.8, 4) is 0 Å². The third-order valence-corrected chi connectivity index (χ3v) is 3.55. The molecule has 5 heteroatoms. The lowest BCUT2D eigenvalue weighted by molar-refractivity contribution is -0.135. The minimum atomic E-state index is -0.392. The lowest BCUT2D eigenvalue weighted by atomic mass is 10.1. The van der Waals surface area contributed by atoms with Gasteiger partial charge in [0.1, 0.15) is 6.04 Å². The van der Waals surface area contributed by atoms with Crippen LogP contribution in [0, 0.1) is 13.8 Å². The number of hydrogen-bond acceptors (Lipinski definition) is 3. The summed E-state index contributed by atoms with van der Waals surface area (Å²) in [6.45, 7) is 3.96. The molecule has 2 heterocycles. The van der Waals surface area contributed by atoms with Crippen molar-refractivity contribution in [3.63, 3.8) is 0 Å². The fourth-order valence-electron chi connectivity index (χ4n) is 2.56. The van der Waals surface area contributed by atoms with Gasteiger partial charge in [-0.15, -0.1) is 0 Å². The maximum atomic E-state index is 11.9. The fourth-order valence-corrected chi connectivity index (χ4v) is 2.56. The smallest absolute Gasteiger partial charge is 0.251 e. The Bertz CT molecular complexity index is 687. The highest BCUT2D eigenvalue weighted by Crippen LogP contribution is 2.26. The Morgan fingerprint density at radius 2 is 2.11 bits per heavy atom. The van der Waals surface area contributed by atoms with E-state index in [0.29, 0.717) is 12.8 Å². The number of hydrogen-bond donors (Lipinski definition) is 1. The maximum absolute atomic E-state index is 11.9. The summed E-state index contributed by atoms with van der Waals surface area (Å²) in [5, 5.41) is 7.91. The van der Waals surface area contributed by atoms with Gasteiger partial charge in [-0.2, -0.15) is 5.10 Å². The summed E-state index contributed by atoms with van der Waals surface area (Å²) in [5.41, 5.74) is 3.01. The molecule has 1 aliphatic rings. The highest BCUT2D eigenvalue weighted by molar-refractivity contribution is 6.00. The van der Waals surface area contributed by atoms with Crippen molar-refractivity contribution in [2.24, 2.45) is 0 Å². The first kappa shape index (κ1) is 11.9. The Hall–Kier alpha value is -2.17. The molecule has 0 radical (unpaired) electrons. The van der Waals surface area contributed by atoms with Crippen LogP contribution in [-0.2, 0) is 9.59 Å². The Kier molecular flexibility index (Phi) is 2.62. The first-order valence-corrected chi connectivity index (χ1v) is 6.35.